The number of carbonyl (C=O) groups is 3. The zero-order valence-corrected chi connectivity index (χ0v) is 20.0. The van der Waals surface area contributed by atoms with Gasteiger partial charge in [-0.15, -0.1) is 0 Å². The van der Waals surface area contributed by atoms with Gasteiger partial charge in [0.1, 0.15) is 12.4 Å². The number of carbonyl (C=O) groups excluding carboxylic acids is 3. The molecule has 1 fully saturated rings. The van der Waals surface area contributed by atoms with Crippen molar-refractivity contribution >= 4 is 23.9 Å². The fraction of sp³-hybridized carbons (Fsp3) is 0.375. The quantitative estimate of drug-likeness (QED) is 0.592. The molecule has 3 amide bonds. The second-order valence-corrected chi connectivity index (χ2v) is 7.58. The van der Waals surface area contributed by atoms with E-state index in [9.17, 15) is 14.4 Å². The number of hydrogen-bond donors (Lipinski definition) is 2. The molecular formula is C24H32N4O6. The number of nitrogens with two attached hydrogens (primary N) is 1. The predicted molar refractivity (Wildman–Crippen MR) is 129 cm³/mol. The average molecular weight is 473 g/mol. The lowest BCUT2D eigenvalue weighted by atomic mass is 10.1. The van der Waals surface area contributed by atoms with Crippen molar-refractivity contribution in [3.05, 3.63) is 47.5 Å². The van der Waals surface area contributed by atoms with Crippen molar-refractivity contribution < 1.29 is 28.6 Å². The minimum atomic E-state index is -0.611. The van der Waals surface area contributed by atoms with Gasteiger partial charge in [0.05, 0.1) is 19.8 Å². The molecule has 184 valence electrons. The lowest BCUT2D eigenvalue weighted by Gasteiger charge is -2.32. The zero-order chi connectivity index (χ0) is 25.1. The Bertz CT molecular complexity index is 989. The van der Waals surface area contributed by atoms with Gasteiger partial charge < -0.3 is 35.1 Å². The number of para-hydroxylation sites is 1. The molecule has 3 rings (SSSR count). The summed E-state index contributed by atoms with van der Waals surface area (Å²) in [4.78, 5) is 37.3. The molecule has 0 saturated carbocycles. The smallest absolute Gasteiger partial charge is 0.316 e. The summed E-state index contributed by atoms with van der Waals surface area (Å²) in [6, 6.07) is 9.81. The van der Waals surface area contributed by atoms with Crippen molar-refractivity contribution in [3.63, 3.8) is 0 Å². The second kappa shape index (κ2) is 13.0. The van der Waals surface area contributed by atoms with E-state index in [-0.39, 0.29) is 12.5 Å². The molecule has 3 N–H and O–H groups in total. The van der Waals surface area contributed by atoms with Crippen molar-refractivity contribution in [2.75, 3.05) is 59.4 Å². The predicted octanol–water partition coefficient (Wildman–Crippen LogP) is 2.15. The van der Waals surface area contributed by atoms with Crippen LogP contribution in [0.4, 0.5) is 10.5 Å². The molecule has 0 bridgehead atoms. The Morgan fingerprint density at radius 2 is 1.79 bits per heavy atom. The number of rotatable bonds is 7. The van der Waals surface area contributed by atoms with Gasteiger partial charge in [0.25, 0.3) is 5.91 Å². The topological polar surface area (TPSA) is 123 Å². The number of urea groups is 1. The fourth-order valence-electron chi connectivity index (χ4n) is 3.36. The standard InChI is InChI=1S/C14H20N2O3.C10H12N2O3/c1-15-7-9-16(10-8-15)14(17)11-5-4-6-12(18-2)13(11)19-3;1-7-6-8(15-5-4-13)2-3-9(7)12-10(11)14/h4-6H,7-10H2,1-3H3;2-4,6H,5H2,1H3,(H3,11,12,14). The van der Waals surface area contributed by atoms with E-state index in [1.807, 2.05) is 11.0 Å². The number of nitrogens with one attached hydrogen (secondary N) is 1. The van der Waals surface area contributed by atoms with Gasteiger partial charge in [0.15, 0.2) is 17.8 Å². The van der Waals surface area contributed by atoms with Crippen LogP contribution < -0.4 is 25.3 Å². The molecule has 0 unspecified atom stereocenters. The number of primary amides is 1. The summed E-state index contributed by atoms with van der Waals surface area (Å²) in [5.74, 6) is 1.68. The van der Waals surface area contributed by atoms with Gasteiger partial charge in [-0.05, 0) is 49.9 Å². The maximum absolute atomic E-state index is 12.5. The summed E-state index contributed by atoms with van der Waals surface area (Å²) in [6.45, 7) is 5.11. The number of likely N-dealkylation sites (N-methyl/N-ethyl adjacent to an activating group) is 1. The number of amides is 3. The van der Waals surface area contributed by atoms with Crippen LogP contribution in [0.2, 0.25) is 0 Å². The third kappa shape index (κ3) is 7.38. The summed E-state index contributed by atoms with van der Waals surface area (Å²) < 4.78 is 15.6. The summed E-state index contributed by atoms with van der Waals surface area (Å²) in [7, 11) is 5.19. The Hall–Kier alpha value is -3.79. The first-order valence-corrected chi connectivity index (χ1v) is 10.7. The van der Waals surface area contributed by atoms with Crippen LogP contribution in [-0.2, 0) is 4.79 Å². The Labute approximate surface area is 199 Å². The third-order valence-corrected chi connectivity index (χ3v) is 5.20. The third-order valence-electron chi connectivity index (χ3n) is 5.20. The monoisotopic (exact) mass is 472 g/mol. The normalized spacial score (nSPS) is 13.2. The van der Waals surface area contributed by atoms with Gasteiger partial charge >= 0.3 is 6.03 Å². The van der Waals surface area contributed by atoms with Crippen molar-refractivity contribution in [1.82, 2.24) is 9.80 Å². The molecule has 1 saturated heterocycles. The number of aryl methyl sites for hydroxylation is 1. The van der Waals surface area contributed by atoms with Crippen LogP contribution in [-0.4, -0.2) is 82.1 Å². The molecule has 0 spiro atoms. The van der Waals surface area contributed by atoms with Gasteiger partial charge in [-0.1, -0.05) is 6.07 Å². The molecule has 10 heteroatoms. The highest BCUT2D eigenvalue weighted by atomic mass is 16.5. The number of benzene rings is 2. The molecule has 1 heterocycles. The molecular weight excluding hydrogens is 440 g/mol. The van der Waals surface area contributed by atoms with E-state index < -0.39 is 6.03 Å². The summed E-state index contributed by atoms with van der Waals surface area (Å²) in [6.07, 6.45) is 0.672. The van der Waals surface area contributed by atoms with Crippen LogP contribution in [0.15, 0.2) is 36.4 Å². The number of piperazine rings is 1. The van der Waals surface area contributed by atoms with Crippen LogP contribution >= 0.6 is 0 Å². The van der Waals surface area contributed by atoms with Crippen LogP contribution in [0.25, 0.3) is 0 Å². The van der Waals surface area contributed by atoms with Crippen molar-refractivity contribution in [2.24, 2.45) is 5.73 Å². The highest BCUT2D eigenvalue weighted by molar-refractivity contribution is 5.98. The molecule has 1 aliphatic heterocycles. The van der Waals surface area contributed by atoms with E-state index in [0.29, 0.717) is 34.8 Å². The minimum Gasteiger partial charge on any atom is -0.493 e. The number of anilines is 1. The lowest BCUT2D eigenvalue weighted by Crippen LogP contribution is -2.47. The zero-order valence-electron chi connectivity index (χ0n) is 20.0. The van der Waals surface area contributed by atoms with Crippen LogP contribution in [0, 0.1) is 6.92 Å². The maximum Gasteiger partial charge on any atom is 0.316 e. The number of methoxy groups -OCH3 is 2. The maximum atomic E-state index is 12.5. The molecule has 0 aromatic heterocycles. The first-order valence-electron chi connectivity index (χ1n) is 10.7. The fourth-order valence-corrected chi connectivity index (χ4v) is 3.36. The minimum absolute atomic E-state index is 0.00356. The molecule has 34 heavy (non-hydrogen) atoms. The van der Waals surface area contributed by atoms with E-state index in [1.54, 1.807) is 51.5 Å². The number of nitrogens with zero attached hydrogens (tertiary/aromatic N) is 2. The van der Waals surface area contributed by atoms with Gasteiger partial charge in [0.2, 0.25) is 0 Å². The Morgan fingerprint density at radius 1 is 1.09 bits per heavy atom. The molecule has 0 aliphatic carbocycles. The van der Waals surface area contributed by atoms with E-state index in [1.165, 1.54) is 0 Å². The van der Waals surface area contributed by atoms with Gasteiger partial charge in [-0.2, -0.15) is 0 Å². The second-order valence-electron chi connectivity index (χ2n) is 7.58. The number of aldehydes is 1. The van der Waals surface area contributed by atoms with Gasteiger partial charge in [-0.25, -0.2) is 4.79 Å². The van der Waals surface area contributed by atoms with Crippen LogP contribution in [0.1, 0.15) is 15.9 Å². The Kier molecular flexibility index (Phi) is 10.2. The van der Waals surface area contributed by atoms with E-state index >= 15 is 0 Å². The highest BCUT2D eigenvalue weighted by Crippen LogP contribution is 2.31. The molecule has 10 nitrogen and oxygen atoms in total. The molecule has 2 aromatic carbocycles. The molecule has 1 aliphatic rings. The largest absolute Gasteiger partial charge is 0.493 e. The molecule has 0 radical (unpaired) electrons. The molecule has 0 atom stereocenters. The Balaban J connectivity index is 0.000000248. The van der Waals surface area contributed by atoms with Crippen LogP contribution in [0.5, 0.6) is 17.2 Å². The summed E-state index contributed by atoms with van der Waals surface area (Å²) in [5, 5.41) is 2.47. The van der Waals surface area contributed by atoms with E-state index in [4.69, 9.17) is 19.9 Å². The van der Waals surface area contributed by atoms with E-state index in [2.05, 4.69) is 17.3 Å². The number of hydrogen-bond acceptors (Lipinski definition) is 7. The SMILES string of the molecule is COc1cccc(C(=O)N2CCN(C)CC2)c1OC.Cc1cc(OCC=O)ccc1NC(N)=O. The van der Waals surface area contributed by atoms with Crippen molar-refractivity contribution in [1.29, 1.82) is 0 Å². The summed E-state index contributed by atoms with van der Waals surface area (Å²) in [5.41, 5.74) is 6.99. The summed E-state index contributed by atoms with van der Waals surface area (Å²) >= 11 is 0. The van der Waals surface area contributed by atoms with Crippen LogP contribution in [0.3, 0.4) is 0 Å². The highest BCUT2D eigenvalue weighted by Gasteiger charge is 2.24. The van der Waals surface area contributed by atoms with Crippen molar-refractivity contribution in [3.8, 4) is 17.2 Å². The Morgan fingerprint density at radius 3 is 2.35 bits per heavy atom. The van der Waals surface area contributed by atoms with Crippen molar-refractivity contribution in [2.45, 2.75) is 6.92 Å². The van der Waals surface area contributed by atoms with Gasteiger partial charge in [-0.3, -0.25) is 9.59 Å². The molecule has 2 aromatic rings. The first-order chi connectivity index (χ1) is 16.3. The van der Waals surface area contributed by atoms with E-state index in [0.717, 1.165) is 31.7 Å². The first kappa shape index (κ1) is 26.5. The van der Waals surface area contributed by atoms with Gasteiger partial charge in [0, 0.05) is 31.9 Å². The average Bonchev–Trinajstić information content (AvgIpc) is 2.83. The lowest BCUT2D eigenvalue weighted by molar-refractivity contribution is -0.109. The number of ether oxygens (including phenoxy) is 3.